The molecule has 0 saturated carbocycles. The molecule has 1 aliphatic rings. The van der Waals surface area contributed by atoms with Crippen molar-refractivity contribution in [1.82, 2.24) is 9.80 Å². The molecule has 4 nitrogen and oxygen atoms in total. The van der Waals surface area contributed by atoms with E-state index in [4.69, 9.17) is 0 Å². The maximum atomic E-state index is 12.5. The van der Waals surface area contributed by atoms with Crippen LogP contribution in [0.15, 0.2) is 24.3 Å². The number of aryl methyl sites for hydroxylation is 1. The van der Waals surface area contributed by atoms with Crippen molar-refractivity contribution in [2.24, 2.45) is 5.92 Å². The van der Waals surface area contributed by atoms with Crippen LogP contribution >= 0.6 is 11.8 Å². The van der Waals surface area contributed by atoms with Crippen LogP contribution in [0.2, 0.25) is 0 Å². The molecule has 23 heavy (non-hydrogen) atoms. The lowest BCUT2D eigenvalue weighted by Gasteiger charge is -2.39. The lowest BCUT2D eigenvalue weighted by Crippen LogP contribution is -2.50. The van der Waals surface area contributed by atoms with Gasteiger partial charge in [-0.15, -0.1) is 0 Å². The zero-order valence-corrected chi connectivity index (χ0v) is 15.5. The summed E-state index contributed by atoms with van der Waals surface area (Å²) in [7, 11) is 4.06. The maximum absolute atomic E-state index is 12.5. The minimum absolute atomic E-state index is 0.0109. The van der Waals surface area contributed by atoms with Crippen LogP contribution in [0, 0.1) is 5.92 Å². The zero-order chi connectivity index (χ0) is 16.8. The average molecular weight is 336 g/mol. The number of piperidine rings is 1. The third kappa shape index (κ3) is 5.15. The number of rotatable bonds is 5. The summed E-state index contributed by atoms with van der Waals surface area (Å²) >= 11 is 1.85. The molecule has 2 amide bonds. The summed E-state index contributed by atoms with van der Waals surface area (Å²) in [5, 5.41) is 3.02. The molecular weight excluding hydrogens is 306 g/mol. The number of benzene rings is 1. The number of likely N-dealkylation sites (tertiary alicyclic amines) is 1. The van der Waals surface area contributed by atoms with E-state index in [9.17, 15) is 4.79 Å². The van der Waals surface area contributed by atoms with Crippen LogP contribution in [0.3, 0.4) is 0 Å². The normalized spacial score (nSPS) is 21.9. The fraction of sp³-hybridized carbons (Fsp3) is 0.611. The van der Waals surface area contributed by atoms with Crippen molar-refractivity contribution in [3.05, 3.63) is 29.8 Å². The molecule has 2 atom stereocenters. The lowest BCUT2D eigenvalue weighted by atomic mass is 9.93. The number of anilines is 1. The van der Waals surface area contributed by atoms with Gasteiger partial charge in [-0.2, -0.15) is 11.8 Å². The minimum atomic E-state index is -0.0109. The number of nitrogens with one attached hydrogen (secondary N) is 1. The molecule has 1 aliphatic heterocycles. The lowest BCUT2D eigenvalue weighted by molar-refractivity contribution is 0.113. The van der Waals surface area contributed by atoms with E-state index in [1.165, 1.54) is 5.56 Å². The van der Waals surface area contributed by atoms with E-state index in [-0.39, 0.29) is 6.03 Å². The van der Waals surface area contributed by atoms with E-state index < -0.39 is 0 Å². The molecule has 1 aromatic carbocycles. The second-order valence-corrected chi connectivity index (χ2v) is 7.56. The Morgan fingerprint density at radius 2 is 2.09 bits per heavy atom. The number of urea groups is 1. The van der Waals surface area contributed by atoms with Crippen LogP contribution in [-0.2, 0) is 6.42 Å². The summed E-state index contributed by atoms with van der Waals surface area (Å²) in [6.07, 6.45) is 4.23. The zero-order valence-electron chi connectivity index (χ0n) is 14.7. The Morgan fingerprint density at radius 1 is 1.39 bits per heavy atom. The monoisotopic (exact) mass is 335 g/mol. The number of carbonyl (C=O) groups is 1. The van der Waals surface area contributed by atoms with Gasteiger partial charge in [0.15, 0.2) is 0 Å². The highest BCUT2D eigenvalue weighted by atomic mass is 32.2. The third-order valence-corrected chi connectivity index (χ3v) is 5.29. The van der Waals surface area contributed by atoms with Gasteiger partial charge in [-0.05, 0) is 62.1 Å². The molecule has 0 aliphatic carbocycles. The molecule has 1 N–H and O–H groups in total. The predicted molar refractivity (Wildman–Crippen MR) is 100 cm³/mol. The highest BCUT2D eigenvalue weighted by Gasteiger charge is 2.29. The average Bonchev–Trinajstić information content (AvgIpc) is 2.53. The second-order valence-electron chi connectivity index (χ2n) is 6.58. The van der Waals surface area contributed by atoms with Gasteiger partial charge in [0.25, 0.3) is 0 Å². The third-order valence-electron chi connectivity index (χ3n) is 4.68. The first-order valence-corrected chi connectivity index (χ1v) is 9.71. The molecule has 0 radical (unpaired) electrons. The van der Waals surface area contributed by atoms with Crippen LogP contribution in [0.4, 0.5) is 10.5 Å². The van der Waals surface area contributed by atoms with Gasteiger partial charge < -0.3 is 15.1 Å². The van der Waals surface area contributed by atoms with Gasteiger partial charge in [-0.1, -0.05) is 19.1 Å². The van der Waals surface area contributed by atoms with Crippen molar-refractivity contribution in [3.8, 4) is 0 Å². The Hall–Kier alpha value is -1.20. The fourth-order valence-corrected chi connectivity index (χ4v) is 3.69. The maximum Gasteiger partial charge on any atom is 0.321 e. The molecule has 0 aromatic heterocycles. The van der Waals surface area contributed by atoms with E-state index in [1.54, 1.807) is 0 Å². The minimum Gasteiger partial charge on any atom is -0.324 e. The number of amides is 2. The largest absolute Gasteiger partial charge is 0.324 e. The molecule has 0 bridgehead atoms. The molecule has 5 heteroatoms. The summed E-state index contributed by atoms with van der Waals surface area (Å²) < 4.78 is 0. The number of hydrogen-bond acceptors (Lipinski definition) is 3. The Balaban J connectivity index is 1.90. The molecule has 1 saturated heterocycles. The van der Waals surface area contributed by atoms with Crippen molar-refractivity contribution in [2.75, 3.05) is 44.5 Å². The number of hydrogen-bond donors (Lipinski definition) is 1. The number of nitrogens with zero attached hydrogens (tertiary/aromatic N) is 2. The van der Waals surface area contributed by atoms with E-state index in [0.717, 1.165) is 37.4 Å². The van der Waals surface area contributed by atoms with E-state index in [2.05, 4.69) is 42.6 Å². The van der Waals surface area contributed by atoms with Crippen LogP contribution in [0.25, 0.3) is 0 Å². The quantitative estimate of drug-likeness (QED) is 0.896. The van der Waals surface area contributed by atoms with Crippen LogP contribution in [0.5, 0.6) is 0 Å². The molecule has 2 rings (SSSR count). The number of thioether (sulfide) groups is 1. The van der Waals surface area contributed by atoms with Gasteiger partial charge in [0, 0.05) is 25.3 Å². The van der Waals surface area contributed by atoms with Crippen LogP contribution in [0.1, 0.15) is 18.9 Å². The molecule has 1 fully saturated rings. The smallest absolute Gasteiger partial charge is 0.321 e. The summed E-state index contributed by atoms with van der Waals surface area (Å²) in [6, 6.07) is 8.50. The van der Waals surface area contributed by atoms with Gasteiger partial charge in [-0.25, -0.2) is 4.79 Å². The fourth-order valence-electron chi connectivity index (χ4n) is 3.25. The van der Waals surface area contributed by atoms with Gasteiger partial charge in [-0.3, -0.25) is 0 Å². The first-order valence-electron chi connectivity index (χ1n) is 8.31. The van der Waals surface area contributed by atoms with Crippen molar-refractivity contribution in [3.63, 3.8) is 0 Å². The predicted octanol–water partition coefficient (Wildman–Crippen LogP) is 3.40. The summed E-state index contributed by atoms with van der Waals surface area (Å²) in [6.45, 7) is 4.33. The van der Waals surface area contributed by atoms with Crippen molar-refractivity contribution >= 4 is 23.5 Å². The van der Waals surface area contributed by atoms with E-state index in [0.29, 0.717) is 12.0 Å². The van der Waals surface area contributed by atoms with Crippen LogP contribution in [-0.4, -0.2) is 61.1 Å². The molecule has 0 spiro atoms. The standard InChI is InChI=1S/C18H29N3OS/c1-14-13-20(2)11-9-17(14)21(3)18(22)19-16-7-5-15(6-8-16)10-12-23-4/h5-8,14,17H,9-13H2,1-4H3,(H,19,22)/t14-,17+/m0/s1. The highest BCUT2D eigenvalue weighted by Crippen LogP contribution is 2.21. The summed E-state index contributed by atoms with van der Waals surface area (Å²) in [5.74, 6) is 1.63. The van der Waals surface area contributed by atoms with Gasteiger partial charge in [0.2, 0.25) is 0 Å². The molecule has 0 unspecified atom stereocenters. The summed E-state index contributed by atoms with van der Waals surface area (Å²) in [5.41, 5.74) is 2.19. The Labute approximate surface area is 144 Å². The van der Waals surface area contributed by atoms with Gasteiger partial charge in [0.1, 0.15) is 0 Å². The van der Waals surface area contributed by atoms with E-state index in [1.807, 2.05) is 35.8 Å². The first kappa shape index (κ1) is 18.1. The van der Waals surface area contributed by atoms with Gasteiger partial charge in [0.05, 0.1) is 0 Å². The molecular formula is C18H29N3OS. The Bertz CT molecular complexity index is 505. The molecule has 1 heterocycles. The summed E-state index contributed by atoms with van der Waals surface area (Å²) in [4.78, 5) is 16.7. The number of carbonyl (C=O) groups excluding carboxylic acids is 1. The second kappa shape index (κ2) is 8.60. The SMILES string of the molecule is CSCCc1ccc(NC(=O)N(C)[C@@H]2CCN(C)C[C@@H]2C)cc1. The van der Waals surface area contributed by atoms with E-state index >= 15 is 0 Å². The molecule has 128 valence electrons. The van der Waals surface area contributed by atoms with Crippen molar-refractivity contribution in [1.29, 1.82) is 0 Å². The van der Waals surface area contributed by atoms with Crippen LogP contribution < -0.4 is 5.32 Å². The van der Waals surface area contributed by atoms with Crippen molar-refractivity contribution in [2.45, 2.75) is 25.8 Å². The Morgan fingerprint density at radius 3 is 2.70 bits per heavy atom. The molecule has 1 aromatic rings. The highest BCUT2D eigenvalue weighted by molar-refractivity contribution is 7.98. The topological polar surface area (TPSA) is 35.6 Å². The Kier molecular flexibility index (Phi) is 6.78. The first-order chi connectivity index (χ1) is 11.0. The van der Waals surface area contributed by atoms with Crippen molar-refractivity contribution < 1.29 is 4.79 Å². The van der Waals surface area contributed by atoms with Gasteiger partial charge >= 0.3 is 6.03 Å².